The highest BCUT2D eigenvalue weighted by atomic mass is 35.5. The zero-order valence-electron chi connectivity index (χ0n) is 19.2. The molecule has 7 heteroatoms. The van der Waals surface area contributed by atoms with Crippen LogP contribution in [-0.4, -0.2) is 43.7 Å². The normalized spacial score (nSPS) is 18.3. The number of carbonyl (C=O) groups is 1. The summed E-state index contributed by atoms with van der Waals surface area (Å²) >= 11 is 19.0. The Morgan fingerprint density at radius 2 is 1.74 bits per heavy atom. The van der Waals surface area contributed by atoms with Gasteiger partial charge in [0.1, 0.15) is 0 Å². The molecular weight excluding hydrogens is 491 g/mol. The van der Waals surface area contributed by atoms with Crippen LogP contribution in [0.25, 0.3) is 0 Å². The molecule has 1 fully saturated rings. The zero-order valence-corrected chi connectivity index (χ0v) is 21.4. The average molecular weight is 518 g/mol. The van der Waals surface area contributed by atoms with Crippen molar-refractivity contribution in [3.8, 4) is 0 Å². The largest absolute Gasteiger partial charge is 0.382 e. The number of halogens is 3. The zero-order chi connectivity index (χ0) is 24.2. The summed E-state index contributed by atoms with van der Waals surface area (Å²) in [7, 11) is 1.66. The summed E-state index contributed by atoms with van der Waals surface area (Å²) in [6, 6.07) is 21.1. The van der Waals surface area contributed by atoms with E-state index in [2.05, 4.69) is 11.0 Å². The van der Waals surface area contributed by atoms with E-state index in [4.69, 9.17) is 39.5 Å². The molecule has 178 valence electrons. The number of hydrogen-bond donors (Lipinski definition) is 0. The highest BCUT2D eigenvalue weighted by Crippen LogP contribution is 2.37. The van der Waals surface area contributed by atoms with Gasteiger partial charge in [-0.3, -0.25) is 4.79 Å². The Kier molecular flexibility index (Phi) is 8.05. The predicted molar refractivity (Wildman–Crippen MR) is 140 cm³/mol. The van der Waals surface area contributed by atoms with Crippen molar-refractivity contribution in [2.45, 2.75) is 25.4 Å². The van der Waals surface area contributed by atoms with Gasteiger partial charge in [0.2, 0.25) is 5.91 Å². The first-order valence-electron chi connectivity index (χ1n) is 11.2. The lowest BCUT2D eigenvalue weighted by atomic mass is 9.97. The molecule has 1 aliphatic rings. The molecule has 0 bridgehead atoms. The number of carbonyl (C=O) groups excluding carboxylic acids is 1. The van der Waals surface area contributed by atoms with Gasteiger partial charge in [0, 0.05) is 30.2 Å². The lowest BCUT2D eigenvalue weighted by molar-refractivity contribution is -0.135. The van der Waals surface area contributed by atoms with Crippen molar-refractivity contribution in [1.82, 2.24) is 4.90 Å². The third-order valence-corrected chi connectivity index (χ3v) is 6.98. The van der Waals surface area contributed by atoms with Crippen molar-refractivity contribution in [2.75, 3.05) is 31.7 Å². The van der Waals surface area contributed by atoms with Crippen molar-refractivity contribution in [1.29, 1.82) is 0 Å². The molecular formula is C27H27Cl3N2O2. The number of benzene rings is 3. The number of aryl methyl sites for hydroxylation is 1. The Bertz CT molecular complexity index is 1150. The maximum Gasteiger partial charge on any atom is 0.227 e. The molecule has 0 unspecified atom stereocenters. The lowest BCUT2D eigenvalue weighted by Gasteiger charge is -2.48. The van der Waals surface area contributed by atoms with Crippen LogP contribution in [0.15, 0.2) is 66.7 Å². The number of amides is 1. The second-order valence-electron chi connectivity index (χ2n) is 8.64. The second kappa shape index (κ2) is 11.0. The van der Waals surface area contributed by atoms with E-state index in [0.717, 1.165) is 22.4 Å². The molecule has 1 heterocycles. The third-order valence-electron chi connectivity index (χ3n) is 6.19. The van der Waals surface area contributed by atoms with Gasteiger partial charge in [-0.2, -0.15) is 0 Å². The number of piperazine rings is 1. The Morgan fingerprint density at radius 1 is 0.971 bits per heavy atom. The monoisotopic (exact) mass is 516 g/mol. The Balaban J connectivity index is 1.70. The number of hydrogen-bond acceptors (Lipinski definition) is 3. The molecule has 3 aromatic carbocycles. The fourth-order valence-corrected chi connectivity index (χ4v) is 5.21. The summed E-state index contributed by atoms with van der Waals surface area (Å²) in [4.78, 5) is 17.7. The van der Waals surface area contributed by atoms with E-state index in [9.17, 15) is 4.79 Å². The predicted octanol–water partition coefficient (Wildman–Crippen LogP) is 6.60. The summed E-state index contributed by atoms with van der Waals surface area (Å²) < 4.78 is 5.53. The van der Waals surface area contributed by atoms with Gasteiger partial charge in [-0.05, 0) is 60.0 Å². The SMILES string of the molecule is COC[C@H]1CN(c2ccc(C)cc2Cl)[C@@H](c2ccc(Cl)cc2)CN1C(=O)Cc1cccc(Cl)c1. The highest BCUT2D eigenvalue weighted by molar-refractivity contribution is 6.33. The van der Waals surface area contributed by atoms with Crippen LogP contribution >= 0.6 is 34.8 Å². The minimum atomic E-state index is -0.127. The van der Waals surface area contributed by atoms with Gasteiger partial charge < -0.3 is 14.5 Å². The lowest BCUT2D eigenvalue weighted by Crippen LogP contribution is -2.58. The average Bonchev–Trinajstić information content (AvgIpc) is 2.80. The van der Waals surface area contributed by atoms with E-state index < -0.39 is 0 Å². The fraction of sp³-hybridized carbons (Fsp3) is 0.296. The molecule has 34 heavy (non-hydrogen) atoms. The fourth-order valence-electron chi connectivity index (χ4n) is 4.53. The minimum absolute atomic E-state index is 0.0398. The van der Waals surface area contributed by atoms with Crippen molar-refractivity contribution >= 4 is 46.4 Å². The molecule has 0 radical (unpaired) electrons. The van der Waals surface area contributed by atoms with E-state index >= 15 is 0 Å². The Labute approximate surface area is 216 Å². The number of nitrogens with zero attached hydrogens (tertiary/aromatic N) is 2. The van der Waals surface area contributed by atoms with Gasteiger partial charge in [-0.15, -0.1) is 0 Å². The van der Waals surface area contributed by atoms with Crippen molar-refractivity contribution in [3.63, 3.8) is 0 Å². The van der Waals surface area contributed by atoms with Gasteiger partial charge in [0.25, 0.3) is 0 Å². The smallest absolute Gasteiger partial charge is 0.227 e. The standard InChI is InChI=1S/C27H27Cl3N2O2/c1-18-6-11-25(24(30)12-18)32-15-23(17-34-2)31(16-26(32)20-7-9-21(28)10-8-20)27(33)14-19-4-3-5-22(29)13-19/h3-13,23,26H,14-17H2,1-2H3/t23-,26-/m1/s1. The Hall–Kier alpha value is -2.24. The van der Waals surface area contributed by atoms with E-state index in [1.165, 1.54) is 0 Å². The van der Waals surface area contributed by atoms with E-state index in [0.29, 0.717) is 34.8 Å². The van der Waals surface area contributed by atoms with Gasteiger partial charge in [-0.25, -0.2) is 0 Å². The maximum atomic E-state index is 13.5. The van der Waals surface area contributed by atoms with Crippen LogP contribution in [0.5, 0.6) is 0 Å². The first-order chi connectivity index (χ1) is 16.4. The van der Waals surface area contributed by atoms with Crippen LogP contribution < -0.4 is 4.90 Å². The number of ether oxygens (including phenoxy) is 1. The first-order valence-corrected chi connectivity index (χ1v) is 12.3. The summed E-state index contributed by atoms with van der Waals surface area (Å²) in [5, 5.41) is 1.98. The maximum absolute atomic E-state index is 13.5. The van der Waals surface area contributed by atoms with Gasteiger partial charge >= 0.3 is 0 Å². The molecule has 0 aromatic heterocycles. The van der Waals surface area contributed by atoms with E-state index in [1.807, 2.05) is 72.5 Å². The van der Waals surface area contributed by atoms with Crippen molar-refractivity contribution in [2.24, 2.45) is 0 Å². The van der Waals surface area contributed by atoms with Crippen LogP contribution in [0, 0.1) is 6.92 Å². The van der Waals surface area contributed by atoms with Gasteiger partial charge in [0.05, 0.1) is 35.8 Å². The van der Waals surface area contributed by atoms with Crippen LogP contribution in [0.2, 0.25) is 15.1 Å². The van der Waals surface area contributed by atoms with Crippen molar-refractivity contribution in [3.05, 3.63) is 98.5 Å². The molecule has 2 atom stereocenters. The number of rotatable bonds is 6. The van der Waals surface area contributed by atoms with Gasteiger partial charge in [-0.1, -0.05) is 65.1 Å². The molecule has 0 spiro atoms. The highest BCUT2D eigenvalue weighted by Gasteiger charge is 2.37. The summed E-state index contributed by atoms with van der Waals surface area (Å²) in [6.45, 7) is 3.53. The molecule has 1 amide bonds. The van der Waals surface area contributed by atoms with Crippen LogP contribution in [0.4, 0.5) is 5.69 Å². The van der Waals surface area contributed by atoms with E-state index in [1.54, 1.807) is 7.11 Å². The van der Waals surface area contributed by atoms with Crippen molar-refractivity contribution < 1.29 is 9.53 Å². The van der Waals surface area contributed by atoms with Gasteiger partial charge in [0.15, 0.2) is 0 Å². The molecule has 0 N–H and O–H groups in total. The second-order valence-corrected chi connectivity index (χ2v) is 9.92. The van der Waals surface area contributed by atoms with Crippen LogP contribution in [0.3, 0.4) is 0 Å². The Morgan fingerprint density at radius 3 is 2.41 bits per heavy atom. The summed E-state index contributed by atoms with van der Waals surface area (Å²) in [5.41, 5.74) is 3.99. The molecule has 0 saturated carbocycles. The molecule has 1 aliphatic heterocycles. The minimum Gasteiger partial charge on any atom is -0.382 e. The molecule has 1 saturated heterocycles. The summed E-state index contributed by atoms with van der Waals surface area (Å²) in [5.74, 6) is 0.0398. The molecule has 4 nitrogen and oxygen atoms in total. The molecule has 4 rings (SSSR count). The molecule has 3 aromatic rings. The third kappa shape index (κ3) is 5.69. The number of methoxy groups -OCH3 is 1. The van der Waals surface area contributed by atoms with Crippen LogP contribution in [0.1, 0.15) is 22.7 Å². The molecule has 0 aliphatic carbocycles. The quantitative estimate of drug-likeness (QED) is 0.369. The van der Waals surface area contributed by atoms with E-state index in [-0.39, 0.29) is 24.4 Å². The summed E-state index contributed by atoms with van der Waals surface area (Å²) in [6.07, 6.45) is 0.277. The topological polar surface area (TPSA) is 32.8 Å². The van der Waals surface area contributed by atoms with Crippen LogP contribution in [-0.2, 0) is 16.0 Å². The first kappa shape index (κ1) is 24.9. The number of anilines is 1.